The van der Waals surface area contributed by atoms with Crippen LogP contribution in [0.1, 0.15) is 11.5 Å². The zero-order chi connectivity index (χ0) is 17.9. The molecule has 1 aromatic heterocycles. The standard InChI is InChI=1S/C17H24N4O3S/c1-20-12-17(19-13-20)25(22,23)21-10-15(14-6-4-3-5-7-14)16(11-21)18-8-9-24-2/h3-7,12-13,15-16,18H,8-11H2,1-2H3. The first-order valence-corrected chi connectivity index (χ1v) is 9.71. The summed E-state index contributed by atoms with van der Waals surface area (Å²) in [6.07, 6.45) is 3.05. The third-order valence-corrected chi connectivity index (χ3v) is 6.23. The summed E-state index contributed by atoms with van der Waals surface area (Å²) in [5, 5.41) is 3.53. The third kappa shape index (κ3) is 3.92. The van der Waals surface area contributed by atoms with Gasteiger partial charge in [-0.1, -0.05) is 30.3 Å². The zero-order valence-corrected chi connectivity index (χ0v) is 15.3. The Labute approximate surface area is 148 Å². The van der Waals surface area contributed by atoms with Crippen molar-refractivity contribution in [2.24, 2.45) is 7.05 Å². The van der Waals surface area contributed by atoms with E-state index in [1.165, 1.54) is 10.6 Å². The molecule has 1 aromatic carbocycles. The van der Waals surface area contributed by atoms with Gasteiger partial charge in [-0.05, 0) is 5.56 Å². The fourth-order valence-electron chi connectivity index (χ4n) is 3.21. The highest BCUT2D eigenvalue weighted by molar-refractivity contribution is 7.89. The molecule has 0 bridgehead atoms. The lowest BCUT2D eigenvalue weighted by atomic mass is 9.94. The van der Waals surface area contributed by atoms with Crippen LogP contribution in [0.15, 0.2) is 47.9 Å². The second-order valence-corrected chi connectivity index (χ2v) is 8.15. The van der Waals surface area contributed by atoms with Crippen LogP contribution < -0.4 is 5.32 Å². The van der Waals surface area contributed by atoms with Crippen molar-refractivity contribution < 1.29 is 13.2 Å². The molecule has 2 heterocycles. The number of sulfonamides is 1. The van der Waals surface area contributed by atoms with E-state index in [1.54, 1.807) is 24.9 Å². The molecule has 3 rings (SSSR count). The van der Waals surface area contributed by atoms with Crippen molar-refractivity contribution in [2.75, 3.05) is 33.4 Å². The van der Waals surface area contributed by atoms with Gasteiger partial charge in [0.1, 0.15) is 0 Å². The molecule has 136 valence electrons. The zero-order valence-electron chi connectivity index (χ0n) is 14.5. The summed E-state index contributed by atoms with van der Waals surface area (Å²) in [6.45, 7) is 2.13. The summed E-state index contributed by atoms with van der Waals surface area (Å²) in [5.41, 5.74) is 1.14. The molecule has 1 aliphatic heterocycles. The van der Waals surface area contributed by atoms with Gasteiger partial charge in [-0.2, -0.15) is 4.31 Å². The van der Waals surface area contributed by atoms with E-state index in [0.29, 0.717) is 26.2 Å². The molecule has 1 fully saturated rings. The van der Waals surface area contributed by atoms with E-state index in [-0.39, 0.29) is 17.0 Å². The van der Waals surface area contributed by atoms with E-state index in [0.717, 1.165) is 5.56 Å². The molecule has 8 heteroatoms. The summed E-state index contributed by atoms with van der Waals surface area (Å²) in [7, 11) is -0.175. The average molecular weight is 364 g/mol. The first-order valence-electron chi connectivity index (χ1n) is 8.27. The van der Waals surface area contributed by atoms with Gasteiger partial charge < -0.3 is 14.6 Å². The fourth-order valence-corrected chi connectivity index (χ4v) is 4.67. The van der Waals surface area contributed by atoms with Crippen molar-refractivity contribution in [1.29, 1.82) is 0 Å². The van der Waals surface area contributed by atoms with Crippen molar-refractivity contribution >= 4 is 10.0 Å². The Hall–Kier alpha value is -1.74. The largest absolute Gasteiger partial charge is 0.383 e. The Morgan fingerprint density at radius 1 is 1.28 bits per heavy atom. The topological polar surface area (TPSA) is 76.5 Å². The van der Waals surface area contributed by atoms with Crippen LogP contribution in [0.4, 0.5) is 0 Å². The lowest BCUT2D eigenvalue weighted by molar-refractivity contribution is 0.195. The maximum absolute atomic E-state index is 12.9. The third-order valence-electron chi connectivity index (χ3n) is 4.51. The predicted molar refractivity (Wildman–Crippen MR) is 94.8 cm³/mol. The Bertz CT molecular complexity index is 791. The lowest BCUT2D eigenvalue weighted by Gasteiger charge is -2.20. The van der Waals surface area contributed by atoms with Crippen LogP contribution in [0.2, 0.25) is 0 Å². The summed E-state index contributed by atoms with van der Waals surface area (Å²) in [4.78, 5) is 4.02. The molecule has 0 aliphatic carbocycles. The second-order valence-electron chi connectivity index (χ2n) is 6.27. The quantitative estimate of drug-likeness (QED) is 0.736. The fraction of sp³-hybridized carbons (Fsp3) is 0.471. The number of imidazole rings is 1. The number of hydrogen-bond donors (Lipinski definition) is 1. The first-order chi connectivity index (χ1) is 12.0. The van der Waals surface area contributed by atoms with Crippen LogP contribution in [0.5, 0.6) is 0 Å². The molecule has 0 radical (unpaired) electrons. The minimum Gasteiger partial charge on any atom is -0.383 e. The number of methoxy groups -OCH3 is 1. The van der Waals surface area contributed by atoms with E-state index in [9.17, 15) is 8.42 Å². The van der Waals surface area contributed by atoms with Crippen molar-refractivity contribution in [1.82, 2.24) is 19.2 Å². The van der Waals surface area contributed by atoms with Crippen LogP contribution in [0, 0.1) is 0 Å². The SMILES string of the molecule is COCCNC1CN(S(=O)(=O)c2cn(C)cn2)CC1c1ccccc1. The van der Waals surface area contributed by atoms with E-state index in [1.807, 2.05) is 30.3 Å². The van der Waals surface area contributed by atoms with Gasteiger partial charge in [0.05, 0.1) is 12.9 Å². The van der Waals surface area contributed by atoms with Crippen LogP contribution in [0.25, 0.3) is 0 Å². The number of nitrogens with zero attached hydrogens (tertiary/aromatic N) is 3. The van der Waals surface area contributed by atoms with Gasteiger partial charge in [-0.25, -0.2) is 13.4 Å². The van der Waals surface area contributed by atoms with Gasteiger partial charge in [-0.15, -0.1) is 0 Å². The molecule has 0 spiro atoms. The molecule has 1 N–H and O–H groups in total. The van der Waals surface area contributed by atoms with Crippen LogP contribution >= 0.6 is 0 Å². The molecular formula is C17H24N4O3S. The lowest BCUT2D eigenvalue weighted by Crippen LogP contribution is -2.38. The highest BCUT2D eigenvalue weighted by Crippen LogP contribution is 2.31. The number of ether oxygens (including phenoxy) is 1. The molecule has 25 heavy (non-hydrogen) atoms. The second kappa shape index (κ2) is 7.65. The van der Waals surface area contributed by atoms with Crippen molar-refractivity contribution in [3.63, 3.8) is 0 Å². The number of hydrogen-bond acceptors (Lipinski definition) is 5. The van der Waals surface area contributed by atoms with Crippen LogP contribution in [-0.4, -0.2) is 61.7 Å². The van der Waals surface area contributed by atoms with Crippen molar-refractivity contribution in [3.8, 4) is 0 Å². The molecule has 0 amide bonds. The van der Waals surface area contributed by atoms with Crippen molar-refractivity contribution in [3.05, 3.63) is 48.4 Å². The summed E-state index contributed by atoms with van der Waals surface area (Å²) in [5.74, 6) is 0.0940. The number of nitrogens with one attached hydrogen (secondary N) is 1. The van der Waals surface area contributed by atoms with E-state index < -0.39 is 10.0 Å². The molecular weight excluding hydrogens is 340 g/mol. The van der Waals surface area contributed by atoms with E-state index >= 15 is 0 Å². The summed E-state index contributed by atoms with van der Waals surface area (Å²) >= 11 is 0. The minimum atomic E-state index is -3.59. The van der Waals surface area contributed by atoms with E-state index in [4.69, 9.17) is 4.74 Å². The maximum Gasteiger partial charge on any atom is 0.262 e. The normalized spacial score (nSPS) is 21.7. The van der Waals surface area contributed by atoms with Gasteiger partial charge in [0, 0.05) is 51.9 Å². The Balaban J connectivity index is 1.83. The number of rotatable bonds is 7. The molecule has 7 nitrogen and oxygen atoms in total. The van der Waals surface area contributed by atoms with Gasteiger partial charge in [-0.3, -0.25) is 0 Å². The number of benzene rings is 1. The summed E-state index contributed by atoms with van der Waals surface area (Å²) < 4.78 is 34.1. The Kier molecular flexibility index (Phi) is 5.53. The molecule has 2 atom stereocenters. The monoisotopic (exact) mass is 364 g/mol. The molecule has 0 saturated carbocycles. The molecule has 1 saturated heterocycles. The number of aromatic nitrogens is 2. The van der Waals surface area contributed by atoms with Crippen molar-refractivity contribution in [2.45, 2.75) is 17.0 Å². The maximum atomic E-state index is 12.9. The smallest absolute Gasteiger partial charge is 0.262 e. The van der Waals surface area contributed by atoms with E-state index in [2.05, 4.69) is 10.3 Å². The number of aryl methyl sites for hydroxylation is 1. The molecule has 1 aliphatic rings. The highest BCUT2D eigenvalue weighted by atomic mass is 32.2. The molecule has 2 unspecified atom stereocenters. The van der Waals surface area contributed by atoms with Gasteiger partial charge >= 0.3 is 0 Å². The Morgan fingerprint density at radius 2 is 2.04 bits per heavy atom. The van der Waals surface area contributed by atoms with Gasteiger partial charge in [0.25, 0.3) is 10.0 Å². The van der Waals surface area contributed by atoms with Crippen LogP contribution in [-0.2, 0) is 21.8 Å². The minimum absolute atomic E-state index is 0.0380. The Morgan fingerprint density at radius 3 is 2.68 bits per heavy atom. The highest BCUT2D eigenvalue weighted by Gasteiger charge is 2.40. The summed E-state index contributed by atoms with van der Waals surface area (Å²) in [6, 6.07) is 10.1. The van der Waals surface area contributed by atoms with Gasteiger partial charge in [0.15, 0.2) is 5.03 Å². The molecule has 2 aromatic rings. The first kappa shape index (κ1) is 18.1. The predicted octanol–water partition coefficient (Wildman–Crippen LogP) is 0.813. The van der Waals surface area contributed by atoms with Gasteiger partial charge in [0.2, 0.25) is 0 Å². The van der Waals surface area contributed by atoms with Crippen LogP contribution in [0.3, 0.4) is 0 Å². The average Bonchev–Trinajstić information content (AvgIpc) is 3.23.